The van der Waals surface area contributed by atoms with E-state index in [4.69, 9.17) is 18.9 Å². The molecule has 0 aromatic heterocycles. The molecule has 10 atom stereocenters. The van der Waals surface area contributed by atoms with Crippen LogP contribution >= 0.6 is 0 Å². The summed E-state index contributed by atoms with van der Waals surface area (Å²) >= 11 is 0. The molecule has 0 aliphatic carbocycles. The number of nitrogens with zero attached hydrogens (tertiary/aromatic N) is 1. The van der Waals surface area contributed by atoms with Gasteiger partial charge in [0.25, 0.3) is 0 Å². The molecular formula is C14H23NO10. The molecule has 2 fully saturated rings. The number of aliphatic hydroxyl groups is 6. The molecule has 2 saturated heterocycles. The van der Waals surface area contributed by atoms with Gasteiger partial charge in [-0.2, -0.15) is 0 Å². The van der Waals surface area contributed by atoms with Gasteiger partial charge in [0.05, 0.1) is 13.2 Å². The van der Waals surface area contributed by atoms with Crippen LogP contribution in [0.25, 0.3) is 0 Å². The summed E-state index contributed by atoms with van der Waals surface area (Å²) in [5, 5.41) is 58.9. The van der Waals surface area contributed by atoms with E-state index in [1.807, 2.05) is 0 Å². The van der Waals surface area contributed by atoms with Crippen LogP contribution in [0.3, 0.4) is 0 Å². The fourth-order valence-corrected chi connectivity index (χ4v) is 3.20. The van der Waals surface area contributed by atoms with Crippen LogP contribution in [-0.2, 0) is 18.9 Å². The van der Waals surface area contributed by atoms with Gasteiger partial charge in [-0.15, -0.1) is 0 Å². The first-order valence-corrected chi connectivity index (χ1v) is 7.98. The highest BCUT2D eigenvalue weighted by Gasteiger charge is 2.52. The lowest BCUT2D eigenvalue weighted by atomic mass is 9.96. The Morgan fingerprint density at radius 1 is 0.920 bits per heavy atom. The third-order valence-corrected chi connectivity index (χ3v) is 4.58. The maximum absolute atomic E-state index is 10.5. The Kier molecular flexibility index (Phi) is 5.58. The molecule has 3 heterocycles. The average Bonchev–Trinajstić information content (AvgIpc) is 2.97. The smallest absolute Gasteiger partial charge is 0.227 e. The van der Waals surface area contributed by atoms with Crippen LogP contribution in [0.5, 0.6) is 0 Å². The molecule has 3 aliphatic rings. The number of hydrogen-bond acceptors (Lipinski definition) is 11. The maximum Gasteiger partial charge on any atom is 0.227 e. The molecule has 0 amide bonds. The van der Waals surface area contributed by atoms with Crippen molar-refractivity contribution in [3.63, 3.8) is 0 Å². The highest BCUT2D eigenvalue weighted by atomic mass is 16.7. The number of aliphatic imine (C=N–C) groups is 1. The van der Waals surface area contributed by atoms with Crippen molar-refractivity contribution in [2.24, 2.45) is 4.99 Å². The number of rotatable bonds is 4. The minimum Gasteiger partial charge on any atom is -0.450 e. The van der Waals surface area contributed by atoms with Crippen LogP contribution in [0.4, 0.5) is 0 Å². The van der Waals surface area contributed by atoms with Crippen LogP contribution in [0, 0.1) is 0 Å². The fourth-order valence-electron chi connectivity index (χ4n) is 3.20. The zero-order valence-corrected chi connectivity index (χ0v) is 13.5. The molecule has 11 nitrogen and oxygen atoms in total. The summed E-state index contributed by atoms with van der Waals surface area (Å²) in [7, 11) is 0. The van der Waals surface area contributed by atoms with Crippen molar-refractivity contribution in [1.82, 2.24) is 0 Å². The minimum absolute atomic E-state index is 0.319. The van der Waals surface area contributed by atoms with Gasteiger partial charge in [-0.3, -0.25) is 0 Å². The molecule has 6 N–H and O–H groups in total. The van der Waals surface area contributed by atoms with Crippen molar-refractivity contribution in [3.05, 3.63) is 0 Å². The Labute approximate surface area is 143 Å². The largest absolute Gasteiger partial charge is 0.450 e. The summed E-state index contributed by atoms with van der Waals surface area (Å²) in [6, 6.07) is -0.780. The lowest BCUT2D eigenvalue weighted by Crippen LogP contribution is -2.63. The van der Waals surface area contributed by atoms with Crippen molar-refractivity contribution in [2.45, 2.75) is 68.3 Å². The Hall–Kier alpha value is -0.890. The van der Waals surface area contributed by atoms with E-state index in [-0.39, 0.29) is 0 Å². The SMILES string of the molecule is CC1=NC2[C@@H](O1)OC(CO)[C@@H](O[C@@H]1OC(CO)[C@H](O)[C@H](O)C1O)[C@@H]2O. The highest BCUT2D eigenvalue weighted by molar-refractivity contribution is 5.75. The normalized spacial score (nSPS) is 50.1. The molecule has 3 rings (SSSR count). The highest BCUT2D eigenvalue weighted by Crippen LogP contribution is 2.32. The summed E-state index contributed by atoms with van der Waals surface area (Å²) in [4.78, 5) is 4.11. The Bertz CT molecular complexity index is 502. The second-order valence-electron chi connectivity index (χ2n) is 6.27. The maximum atomic E-state index is 10.5. The fraction of sp³-hybridized carbons (Fsp3) is 0.929. The first-order chi connectivity index (χ1) is 11.9. The van der Waals surface area contributed by atoms with E-state index < -0.39 is 74.6 Å². The molecule has 0 radical (unpaired) electrons. The van der Waals surface area contributed by atoms with Gasteiger partial charge < -0.3 is 49.6 Å². The van der Waals surface area contributed by atoms with E-state index >= 15 is 0 Å². The second-order valence-corrected chi connectivity index (χ2v) is 6.27. The molecule has 25 heavy (non-hydrogen) atoms. The number of ether oxygens (including phenoxy) is 4. The first-order valence-electron chi connectivity index (χ1n) is 7.98. The van der Waals surface area contributed by atoms with Crippen molar-refractivity contribution >= 4 is 5.90 Å². The summed E-state index contributed by atoms with van der Waals surface area (Å²) in [6.45, 7) is 0.473. The number of aliphatic hydroxyl groups excluding tert-OH is 6. The van der Waals surface area contributed by atoms with E-state index in [2.05, 4.69) is 4.99 Å². The van der Waals surface area contributed by atoms with Gasteiger partial charge in [-0.05, 0) is 0 Å². The van der Waals surface area contributed by atoms with E-state index in [1.165, 1.54) is 0 Å². The van der Waals surface area contributed by atoms with Crippen LogP contribution in [0.2, 0.25) is 0 Å². The Morgan fingerprint density at radius 2 is 1.60 bits per heavy atom. The predicted molar refractivity (Wildman–Crippen MR) is 78.4 cm³/mol. The minimum atomic E-state index is -1.63. The molecule has 11 heteroatoms. The topological polar surface area (TPSA) is 171 Å². The van der Waals surface area contributed by atoms with Gasteiger partial charge in [-0.25, -0.2) is 4.99 Å². The molecule has 144 valence electrons. The van der Waals surface area contributed by atoms with E-state index in [0.717, 1.165) is 0 Å². The number of hydrogen-bond donors (Lipinski definition) is 6. The van der Waals surface area contributed by atoms with Crippen molar-refractivity contribution in [1.29, 1.82) is 0 Å². The molecule has 0 aromatic carbocycles. The standard InChI is InChI=1S/C14H23NO10/c1-4-15-7-9(19)12(6(3-17)24-13(7)22-4)25-14-11(21)10(20)8(18)5(2-16)23-14/h5-14,16-21H,2-3H2,1H3/t5?,6?,7?,8-,9+,10-,11?,12+,13-,14-/m0/s1. The Morgan fingerprint density at radius 3 is 2.24 bits per heavy atom. The molecule has 0 bridgehead atoms. The monoisotopic (exact) mass is 365 g/mol. The van der Waals surface area contributed by atoms with Crippen molar-refractivity contribution < 1.29 is 49.6 Å². The van der Waals surface area contributed by atoms with Crippen LogP contribution in [0.15, 0.2) is 4.99 Å². The van der Waals surface area contributed by atoms with Gasteiger partial charge in [0, 0.05) is 6.92 Å². The van der Waals surface area contributed by atoms with Gasteiger partial charge >= 0.3 is 0 Å². The molecule has 3 aliphatic heterocycles. The van der Waals surface area contributed by atoms with Crippen LogP contribution in [-0.4, -0.2) is 111 Å². The van der Waals surface area contributed by atoms with Crippen molar-refractivity contribution in [2.75, 3.05) is 13.2 Å². The van der Waals surface area contributed by atoms with Crippen molar-refractivity contribution in [3.8, 4) is 0 Å². The van der Waals surface area contributed by atoms with E-state index in [1.54, 1.807) is 6.92 Å². The zero-order chi connectivity index (χ0) is 18.3. The lowest BCUT2D eigenvalue weighted by Gasteiger charge is -2.44. The summed E-state index contributed by atoms with van der Waals surface area (Å²) in [6.07, 6.45) is -11.6. The van der Waals surface area contributed by atoms with Crippen LogP contribution in [0.1, 0.15) is 6.92 Å². The summed E-state index contributed by atoms with van der Waals surface area (Å²) in [5.41, 5.74) is 0. The molecular weight excluding hydrogens is 342 g/mol. The quantitative estimate of drug-likeness (QED) is 0.289. The molecule has 0 saturated carbocycles. The zero-order valence-electron chi connectivity index (χ0n) is 13.5. The predicted octanol–water partition coefficient (Wildman–Crippen LogP) is -3.93. The van der Waals surface area contributed by atoms with Crippen LogP contribution < -0.4 is 0 Å². The molecule has 0 aromatic rings. The first kappa shape index (κ1) is 18.9. The molecule has 4 unspecified atom stereocenters. The van der Waals surface area contributed by atoms with E-state index in [9.17, 15) is 30.6 Å². The van der Waals surface area contributed by atoms with E-state index in [0.29, 0.717) is 5.90 Å². The van der Waals surface area contributed by atoms with Gasteiger partial charge in [0.1, 0.15) is 48.8 Å². The third kappa shape index (κ3) is 3.39. The second kappa shape index (κ2) is 7.39. The Balaban J connectivity index is 1.75. The summed E-state index contributed by atoms with van der Waals surface area (Å²) < 4.78 is 21.6. The lowest BCUT2D eigenvalue weighted by molar-refractivity contribution is -0.341. The molecule has 0 spiro atoms. The van der Waals surface area contributed by atoms with Gasteiger partial charge in [0.2, 0.25) is 6.29 Å². The van der Waals surface area contributed by atoms with Gasteiger partial charge in [0.15, 0.2) is 12.2 Å². The van der Waals surface area contributed by atoms with Gasteiger partial charge in [-0.1, -0.05) is 0 Å². The third-order valence-electron chi connectivity index (χ3n) is 4.58. The average molecular weight is 365 g/mol. The summed E-state index contributed by atoms with van der Waals surface area (Å²) in [5.74, 6) is 0.319. The number of fused-ring (bicyclic) bond motifs is 1.